The first-order valence-corrected chi connectivity index (χ1v) is 5.82. The number of rotatable bonds is 3. The van der Waals surface area contributed by atoms with Crippen LogP contribution in [-0.4, -0.2) is 22.7 Å². The molecule has 1 aromatic carbocycles. The average molecular weight is 246 g/mol. The highest BCUT2D eigenvalue weighted by Gasteiger charge is 2.30. The second kappa shape index (κ2) is 5.00. The van der Waals surface area contributed by atoms with Crippen LogP contribution in [0, 0.1) is 0 Å². The maximum atomic E-state index is 11.7. The van der Waals surface area contributed by atoms with Crippen LogP contribution < -0.4 is 5.32 Å². The number of urea groups is 1. The van der Waals surface area contributed by atoms with Gasteiger partial charge in [-0.3, -0.25) is 19.8 Å². The van der Waals surface area contributed by atoms with Gasteiger partial charge in [-0.15, -0.1) is 0 Å². The molecular weight excluding hydrogens is 232 g/mol. The van der Waals surface area contributed by atoms with E-state index in [-0.39, 0.29) is 13.0 Å². The molecule has 0 aromatic heterocycles. The summed E-state index contributed by atoms with van der Waals surface area (Å²) in [4.78, 5) is 35.4. The third-order valence-corrected chi connectivity index (χ3v) is 2.93. The van der Waals surface area contributed by atoms with Gasteiger partial charge in [0.15, 0.2) is 0 Å². The maximum absolute atomic E-state index is 11.7. The lowest BCUT2D eigenvalue weighted by molar-refractivity contribution is -0.136. The fraction of sp³-hybridized carbons (Fsp3) is 0.308. The summed E-state index contributed by atoms with van der Waals surface area (Å²) in [6.45, 7) is 2.22. The third-order valence-electron chi connectivity index (χ3n) is 2.93. The average Bonchev–Trinajstić information content (AvgIpc) is 2.34. The van der Waals surface area contributed by atoms with Crippen molar-refractivity contribution in [1.82, 2.24) is 10.2 Å². The molecule has 1 aliphatic heterocycles. The molecule has 0 radical (unpaired) electrons. The number of hydrogen-bond acceptors (Lipinski definition) is 3. The van der Waals surface area contributed by atoms with E-state index >= 15 is 0 Å². The highest BCUT2D eigenvalue weighted by Crippen LogP contribution is 2.14. The van der Waals surface area contributed by atoms with Crippen LogP contribution in [0.4, 0.5) is 4.79 Å². The van der Waals surface area contributed by atoms with Gasteiger partial charge in [-0.1, -0.05) is 31.2 Å². The van der Waals surface area contributed by atoms with Gasteiger partial charge < -0.3 is 0 Å². The molecule has 1 aliphatic rings. The minimum atomic E-state index is -0.637. The maximum Gasteiger partial charge on any atom is 0.331 e. The van der Waals surface area contributed by atoms with Gasteiger partial charge in [-0.25, -0.2) is 4.79 Å². The molecule has 1 N–H and O–H groups in total. The molecule has 5 heteroatoms. The quantitative estimate of drug-likeness (QED) is 0.815. The SMILES string of the molecule is CCc1ccccc1CN1C(=O)CC(=O)NC1=O. The number of amides is 4. The molecule has 4 amide bonds. The number of benzene rings is 1. The van der Waals surface area contributed by atoms with Crippen LogP contribution in [0.5, 0.6) is 0 Å². The van der Waals surface area contributed by atoms with Crippen molar-refractivity contribution in [3.63, 3.8) is 0 Å². The van der Waals surface area contributed by atoms with Gasteiger partial charge in [0.25, 0.3) is 0 Å². The minimum Gasteiger partial charge on any atom is -0.277 e. The van der Waals surface area contributed by atoms with Gasteiger partial charge in [0.1, 0.15) is 6.42 Å². The van der Waals surface area contributed by atoms with Crippen LogP contribution in [0.3, 0.4) is 0 Å². The lowest BCUT2D eigenvalue weighted by atomic mass is 10.0. The number of imide groups is 2. The highest BCUT2D eigenvalue weighted by atomic mass is 16.2. The first-order valence-electron chi connectivity index (χ1n) is 5.82. The molecule has 0 saturated carbocycles. The molecule has 94 valence electrons. The molecule has 5 nitrogen and oxygen atoms in total. The Kier molecular flexibility index (Phi) is 3.41. The van der Waals surface area contributed by atoms with E-state index in [9.17, 15) is 14.4 Å². The number of nitrogens with zero attached hydrogens (tertiary/aromatic N) is 1. The van der Waals surface area contributed by atoms with Crippen LogP contribution in [0.25, 0.3) is 0 Å². The largest absolute Gasteiger partial charge is 0.331 e. The lowest BCUT2D eigenvalue weighted by Crippen LogP contribution is -2.52. The van der Waals surface area contributed by atoms with Crippen molar-refractivity contribution in [3.05, 3.63) is 35.4 Å². The fourth-order valence-electron chi connectivity index (χ4n) is 1.96. The Morgan fingerprint density at radius 3 is 2.44 bits per heavy atom. The summed E-state index contributed by atoms with van der Waals surface area (Å²) in [6, 6.07) is 7.00. The number of barbiturate groups is 1. The minimum absolute atomic E-state index is 0.210. The Morgan fingerprint density at radius 1 is 1.17 bits per heavy atom. The van der Waals surface area contributed by atoms with E-state index < -0.39 is 17.8 Å². The first kappa shape index (κ1) is 12.3. The van der Waals surface area contributed by atoms with Crippen molar-refractivity contribution in [2.75, 3.05) is 0 Å². The van der Waals surface area contributed by atoms with Crippen molar-refractivity contribution < 1.29 is 14.4 Å². The van der Waals surface area contributed by atoms with Gasteiger partial charge >= 0.3 is 6.03 Å². The van der Waals surface area contributed by atoms with E-state index in [1.165, 1.54) is 0 Å². The molecule has 0 atom stereocenters. The standard InChI is InChI=1S/C13H14N2O3/c1-2-9-5-3-4-6-10(9)8-15-12(17)7-11(16)14-13(15)18/h3-6H,2,7-8H2,1H3,(H,14,16,18). The fourth-order valence-corrected chi connectivity index (χ4v) is 1.96. The van der Waals surface area contributed by atoms with E-state index in [1.807, 2.05) is 31.2 Å². The summed E-state index contributed by atoms with van der Waals surface area (Å²) in [7, 11) is 0. The molecular formula is C13H14N2O3. The molecule has 0 unspecified atom stereocenters. The molecule has 18 heavy (non-hydrogen) atoms. The Bertz CT molecular complexity index is 491. The van der Waals surface area contributed by atoms with E-state index in [0.717, 1.165) is 22.4 Å². The number of carbonyl (C=O) groups is 3. The van der Waals surface area contributed by atoms with Crippen LogP contribution in [0.2, 0.25) is 0 Å². The number of hydrogen-bond donors (Lipinski definition) is 1. The molecule has 1 fully saturated rings. The molecule has 1 saturated heterocycles. The molecule has 0 aliphatic carbocycles. The highest BCUT2D eigenvalue weighted by molar-refractivity contribution is 6.14. The zero-order valence-corrected chi connectivity index (χ0v) is 10.1. The van der Waals surface area contributed by atoms with E-state index in [4.69, 9.17) is 0 Å². The molecule has 1 heterocycles. The van der Waals surface area contributed by atoms with E-state index in [2.05, 4.69) is 5.32 Å². The summed E-state index contributed by atoms with van der Waals surface area (Å²) in [5.41, 5.74) is 2.02. The summed E-state index contributed by atoms with van der Waals surface area (Å²) in [6.07, 6.45) is 0.568. The normalized spacial score (nSPS) is 15.8. The molecule has 0 bridgehead atoms. The Morgan fingerprint density at radius 2 is 1.83 bits per heavy atom. The van der Waals surface area contributed by atoms with Crippen molar-refractivity contribution >= 4 is 17.8 Å². The smallest absolute Gasteiger partial charge is 0.277 e. The van der Waals surface area contributed by atoms with Gasteiger partial charge in [-0.2, -0.15) is 0 Å². The van der Waals surface area contributed by atoms with Crippen LogP contribution >= 0.6 is 0 Å². The third kappa shape index (κ3) is 2.40. The van der Waals surface area contributed by atoms with E-state index in [1.54, 1.807) is 0 Å². The number of aryl methyl sites for hydroxylation is 1. The Hall–Kier alpha value is -2.17. The second-order valence-electron chi connectivity index (χ2n) is 4.13. The van der Waals surface area contributed by atoms with Gasteiger partial charge in [0.2, 0.25) is 11.8 Å². The van der Waals surface area contributed by atoms with Crippen LogP contribution in [0.1, 0.15) is 24.5 Å². The van der Waals surface area contributed by atoms with Gasteiger partial charge in [0, 0.05) is 0 Å². The Labute approximate surface area is 105 Å². The van der Waals surface area contributed by atoms with Gasteiger partial charge in [0.05, 0.1) is 6.54 Å². The monoisotopic (exact) mass is 246 g/mol. The van der Waals surface area contributed by atoms with Crippen LogP contribution in [-0.2, 0) is 22.6 Å². The number of nitrogens with one attached hydrogen (secondary N) is 1. The lowest BCUT2D eigenvalue weighted by Gasteiger charge is -2.25. The summed E-state index contributed by atoms with van der Waals surface area (Å²) < 4.78 is 0. The summed E-state index contributed by atoms with van der Waals surface area (Å²) in [5, 5.41) is 2.14. The topological polar surface area (TPSA) is 66.5 Å². The van der Waals surface area contributed by atoms with E-state index in [0.29, 0.717) is 0 Å². The zero-order valence-electron chi connectivity index (χ0n) is 10.1. The van der Waals surface area contributed by atoms with Crippen molar-refractivity contribution in [2.45, 2.75) is 26.3 Å². The first-order chi connectivity index (χ1) is 8.61. The molecule has 2 rings (SSSR count). The second-order valence-corrected chi connectivity index (χ2v) is 4.13. The van der Waals surface area contributed by atoms with Crippen molar-refractivity contribution in [1.29, 1.82) is 0 Å². The predicted octanol–water partition coefficient (Wildman–Crippen LogP) is 1.22. The molecule has 1 aromatic rings. The molecule has 0 spiro atoms. The number of carbonyl (C=O) groups excluding carboxylic acids is 3. The van der Waals surface area contributed by atoms with Crippen LogP contribution in [0.15, 0.2) is 24.3 Å². The summed E-state index contributed by atoms with van der Waals surface area (Å²) in [5.74, 6) is -0.986. The predicted molar refractivity (Wildman–Crippen MR) is 64.5 cm³/mol. The van der Waals surface area contributed by atoms with Crippen molar-refractivity contribution in [3.8, 4) is 0 Å². The zero-order chi connectivity index (χ0) is 13.1. The Balaban J connectivity index is 2.20. The van der Waals surface area contributed by atoms with Crippen molar-refractivity contribution in [2.24, 2.45) is 0 Å². The summed E-state index contributed by atoms with van der Waals surface area (Å²) >= 11 is 0. The van der Waals surface area contributed by atoms with Gasteiger partial charge in [-0.05, 0) is 17.5 Å².